The highest BCUT2D eigenvalue weighted by atomic mass is 35.5. The molecule has 0 bridgehead atoms. The van der Waals surface area contributed by atoms with E-state index in [1.807, 2.05) is 54.6 Å². The Hall–Kier alpha value is -2.08. The zero-order valence-corrected chi connectivity index (χ0v) is 14.1. The average molecular weight is 348 g/mol. The second-order valence-electron chi connectivity index (χ2n) is 5.62. The topological polar surface area (TPSA) is 76.4 Å². The summed E-state index contributed by atoms with van der Waals surface area (Å²) in [6.45, 7) is 0.459. The Bertz CT molecular complexity index is 666. The molecule has 1 heterocycles. The molecule has 2 aromatic rings. The first-order valence-corrected chi connectivity index (χ1v) is 7.83. The van der Waals surface area contributed by atoms with Crippen LogP contribution in [0.3, 0.4) is 0 Å². The maximum absolute atomic E-state index is 12.2. The van der Waals surface area contributed by atoms with Crippen LogP contribution >= 0.6 is 12.4 Å². The molecule has 6 heteroatoms. The molecule has 2 atom stereocenters. The molecule has 1 saturated heterocycles. The van der Waals surface area contributed by atoms with Gasteiger partial charge in [-0.2, -0.15) is 0 Å². The Kier molecular flexibility index (Phi) is 6.61. The Morgan fingerprint density at radius 3 is 2.46 bits per heavy atom. The summed E-state index contributed by atoms with van der Waals surface area (Å²) in [6.07, 6.45) is 1.14. The summed E-state index contributed by atoms with van der Waals surface area (Å²) in [7, 11) is 0. The average Bonchev–Trinajstić information content (AvgIpc) is 3.05. The predicted octanol–water partition coefficient (Wildman–Crippen LogP) is 3.30. The Balaban J connectivity index is 0.00000208. The number of nitrogens with one attached hydrogen (secondary N) is 2. The summed E-state index contributed by atoms with van der Waals surface area (Å²) in [5.41, 5.74) is 8.24. The lowest BCUT2D eigenvalue weighted by atomic mass is 10.2. The third kappa shape index (κ3) is 4.71. The van der Waals surface area contributed by atoms with Gasteiger partial charge in [0.15, 0.2) is 0 Å². The second-order valence-corrected chi connectivity index (χ2v) is 5.62. The summed E-state index contributed by atoms with van der Waals surface area (Å²) in [6, 6.07) is 17.5. The number of benzene rings is 2. The number of rotatable bonds is 5. The van der Waals surface area contributed by atoms with Gasteiger partial charge in [0.2, 0.25) is 0 Å². The molecule has 0 aliphatic carbocycles. The zero-order chi connectivity index (χ0) is 16.1. The number of halogens is 1. The van der Waals surface area contributed by atoms with Crippen molar-refractivity contribution in [2.45, 2.75) is 25.0 Å². The molecular formula is C18H22ClN3O2. The molecule has 0 unspecified atom stereocenters. The van der Waals surface area contributed by atoms with Crippen molar-refractivity contribution >= 4 is 35.4 Å². The normalized spacial score (nSPS) is 19.4. The van der Waals surface area contributed by atoms with Crippen molar-refractivity contribution in [3.63, 3.8) is 0 Å². The number of nitrogens with two attached hydrogens (primary N) is 1. The second kappa shape index (κ2) is 8.68. The lowest BCUT2D eigenvalue weighted by molar-refractivity contribution is -0.126. The third-order valence-electron chi connectivity index (χ3n) is 3.86. The maximum Gasteiger partial charge on any atom is 0.253 e. The molecule has 1 aliphatic rings. The summed E-state index contributed by atoms with van der Waals surface area (Å²) in [5, 5.41) is 6.21. The molecule has 24 heavy (non-hydrogen) atoms. The van der Waals surface area contributed by atoms with Crippen LogP contribution in [0.4, 0.5) is 17.1 Å². The highest BCUT2D eigenvalue weighted by Gasteiger charge is 2.29. The highest BCUT2D eigenvalue weighted by Crippen LogP contribution is 2.23. The minimum Gasteiger partial charge on any atom is -0.364 e. The third-order valence-corrected chi connectivity index (χ3v) is 3.86. The molecule has 0 spiro atoms. The first-order valence-electron chi connectivity index (χ1n) is 7.83. The van der Waals surface area contributed by atoms with Crippen LogP contribution in [-0.2, 0) is 9.53 Å². The Labute approximate surface area is 148 Å². The molecule has 2 aromatic carbocycles. The van der Waals surface area contributed by atoms with E-state index in [9.17, 15) is 4.79 Å². The first-order chi connectivity index (χ1) is 11.2. The maximum atomic E-state index is 12.2. The summed E-state index contributed by atoms with van der Waals surface area (Å²) in [4.78, 5) is 12.2. The van der Waals surface area contributed by atoms with Gasteiger partial charge < -0.3 is 21.1 Å². The fourth-order valence-electron chi connectivity index (χ4n) is 2.66. The van der Waals surface area contributed by atoms with E-state index in [4.69, 9.17) is 10.5 Å². The molecule has 0 saturated carbocycles. The van der Waals surface area contributed by atoms with E-state index in [0.29, 0.717) is 6.54 Å². The van der Waals surface area contributed by atoms with E-state index in [1.165, 1.54) is 0 Å². The Morgan fingerprint density at radius 2 is 1.75 bits per heavy atom. The molecule has 1 amide bonds. The van der Waals surface area contributed by atoms with Gasteiger partial charge >= 0.3 is 0 Å². The van der Waals surface area contributed by atoms with Crippen LogP contribution < -0.4 is 16.4 Å². The van der Waals surface area contributed by atoms with Crippen LogP contribution in [0.15, 0.2) is 54.6 Å². The molecule has 0 radical (unpaired) electrons. The quantitative estimate of drug-likeness (QED) is 0.775. The number of hydrogen-bond donors (Lipinski definition) is 3. The first kappa shape index (κ1) is 18.3. The molecule has 5 nitrogen and oxygen atoms in total. The van der Waals surface area contributed by atoms with Gasteiger partial charge in [-0.25, -0.2) is 0 Å². The number of hydrogen-bond acceptors (Lipinski definition) is 4. The monoisotopic (exact) mass is 347 g/mol. The number of ether oxygens (including phenoxy) is 1. The van der Waals surface area contributed by atoms with E-state index in [-0.39, 0.29) is 24.4 Å². The molecule has 4 N–H and O–H groups in total. The van der Waals surface area contributed by atoms with Crippen LogP contribution in [0, 0.1) is 0 Å². The standard InChI is InChI=1S/C18H21N3O2.ClH/c19-12-16-9-10-17(23-16)18(22)21-15-8-4-7-14(11-15)20-13-5-2-1-3-6-13;/h1-8,11,16-17,20H,9-10,12,19H2,(H,21,22);1H/t16-,17+;/m1./s1. The van der Waals surface area contributed by atoms with Crippen molar-refractivity contribution in [3.8, 4) is 0 Å². The summed E-state index contributed by atoms with van der Waals surface area (Å²) < 4.78 is 5.62. The summed E-state index contributed by atoms with van der Waals surface area (Å²) in [5.74, 6) is -0.113. The highest BCUT2D eigenvalue weighted by molar-refractivity contribution is 5.94. The van der Waals surface area contributed by atoms with Crippen LogP contribution in [0.2, 0.25) is 0 Å². The van der Waals surface area contributed by atoms with Crippen LogP contribution in [-0.4, -0.2) is 24.7 Å². The van der Waals surface area contributed by atoms with E-state index in [1.54, 1.807) is 0 Å². The van der Waals surface area contributed by atoms with Gasteiger partial charge in [-0.1, -0.05) is 24.3 Å². The van der Waals surface area contributed by atoms with Crippen LogP contribution in [0.25, 0.3) is 0 Å². The van der Waals surface area contributed by atoms with E-state index < -0.39 is 6.10 Å². The van der Waals surface area contributed by atoms with E-state index in [0.717, 1.165) is 29.9 Å². The number of carbonyl (C=O) groups excluding carboxylic acids is 1. The lowest BCUT2D eigenvalue weighted by Gasteiger charge is -2.14. The minimum absolute atomic E-state index is 0. The largest absolute Gasteiger partial charge is 0.364 e. The van der Waals surface area contributed by atoms with Crippen molar-refractivity contribution in [3.05, 3.63) is 54.6 Å². The van der Waals surface area contributed by atoms with Gasteiger partial charge in [0.25, 0.3) is 5.91 Å². The van der Waals surface area contributed by atoms with Crippen LogP contribution in [0.1, 0.15) is 12.8 Å². The Morgan fingerprint density at radius 1 is 1.04 bits per heavy atom. The number of para-hydroxylation sites is 1. The molecule has 1 aliphatic heterocycles. The SMILES string of the molecule is Cl.NC[C@H]1CC[C@@H](C(=O)Nc2cccc(Nc3ccccc3)c2)O1. The van der Waals surface area contributed by atoms with Gasteiger partial charge in [-0.3, -0.25) is 4.79 Å². The fraction of sp³-hybridized carbons (Fsp3) is 0.278. The van der Waals surface area contributed by atoms with Crippen molar-refractivity contribution < 1.29 is 9.53 Å². The fourth-order valence-corrected chi connectivity index (χ4v) is 2.66. The van der Waals surface area contributed by atoms with Gasteiger partial charge in [0.1, 0.15) is 6.10 Å². The van der Waals surface area contributed by atoms with Gasteiger partial charge in [-0.15, -0.1) is 12.4 Å². The lowest BCUT2D eigenvalue weighted by Crippen LogP contribution is -2.29. The molecular weight excluding hydrogens is 326 g/mol. The smallest absolute Gasteiger partial charge is 0.253 e. The van der Waals surface area contributed by atoms with Crippen molar-refractivity contribution in [1.29, 1.82) is 0 Å². The molecule has 3 rings (SSSR count). The van der Waals surface area contributed by atoms with Gasteiger partial charge in [0, 0.05) is 23.6 Å². The predicted molar refractivity (Wildman–Crippen MR) is 99.0 cm³/mol. The molecule has 128 valence electrons. The summed E-state index contributed by atoms with van der Waals surface area (Å²) >= 11 is 0. The molecule has 1 fully saturated rings. The van der Waals surface area contributed by atoms with Gasteiger partial charge in [0.05, 0.1) is 6.10 Å². The zero-order valence-electron chi connectivity index (χ0n) is 13.3. The van der Waals surface area contributed by atoms with E-state index in [2.05, 4.69) is 10.6 Å². The van der Waals surface area contributed by atoms with E-state index >= 15 is 0 Å². The number of carbonyl (C=O) groups is 1. The van der Waals surface area contributed by atoms with Crippen molar-refractivity contribution in [2.75, 3.05) is 17.2 Å². The van der Waals surface area contributed by atoms with Crippen molar-refractivity contribution in [1.82, 2.24) is 0 Å². The number of amides is 1. The van der Waals surface area contributed by atoms with Gasteiger partial charge in [-0.05, 0) is 43.2 Å². The number of anilines is 3. The minimum atomic E-state index is -0.408. The molecule has 0 aromatic heterocycles. The van der Waals surface area contributed by atoms with Crippen LogP contribution in [0.5, 0.6) is 0 Å². The van der Waals surface area contributed by atoms with Crippen molar-refractivity contribution in [2.24, 2.45) is 5.73 Å².